The zero-order valence-corrected chi connectivity index (χ0v) is 21.8. The minimum Gasteiger partial charge on any atom is -0.313 e. The average molecular weight is 498 g/mol. The number of benzene rings is 3. The van der Waals surface area contributed by atoms with E-state index in [2.05, 4.69) is 102 Å². The number of allylic oxidation sites excluding steroid dienone is 1. The first kappa shape index (κ1) is 22.2. The Kier molecular flexibility index (Phi) is 5.29. The third-order valence-electron chi connectivity index (χ3n) is 7.35. The number of aromatic nitrogens is 3. The molecule has 37 heavy (non-hydrogen) atoms. The van der Waals surface area contributed by atoms with E-state index in [4.69, 9.17) is 4.98 Å². The predicted octanol–water partition coefficient (Wildman–Crippen LogP) is 8.67. The molecule has 1 aliphatic carbocycles. The van der Waals surface area contributed by atoms with E-state index in [0.717, 1.165) is 29.7 Å². The Bertz CT molecular complexity index is 1790. The lowest BCUT2D eigenvalue weighted by molar-refractivity contribution is 0.888. The van der Waals surface area contributed by atoms with Gasteiger partial charge in [0.15, 0.2) is 0 Å². The van der Waals surface area contributed by atoms with Crippen LogP contribution in [-0.4, -0.2) is 14.0 Å². The van der Waals surface area contributed by atoms with Gasteiger partial charge < -0.3 is 8.97 Å². The Morgan fingerprint density at radius 2 is 1.68 bits per heavy atom. The molecule has 3 aromatic carbocycles. The third-order valence-corrected chi connectivity index (χ3v) is 8.76. The largest absolute Gasteiger partial charge is 0.313 e. The summed E-state index contributed by atoms with van der Waals surface area (Å²) in [5.74, 6) is 0. The quantitative estimate of drug-likeness (QED) is 0.243. The molecule has 0 saturated heterocycles. The molecular formula is C33H27N3S. The summed E-state index contributed by atoms with van der Waals surface area (Å²) < 4.78 is 4.55. The van der Waals surface area contributed by atoms with E-state index in [0.29, 0.717) is 0 Å². The number of hydrogen-bond acceptors (Lipinski definition) is 2. The van der Waals surface area contributed by atoms with E-state index in [1.807, 2.05) is 36.2 Å². The standard InChI is InChI=1S/C33H27N3S/c1-22-9-3-6-12-30(22)37-33-23(2)14-19-29-32(33)26-10-4-5-11-28(26)36(29)25-17-15-24(16-18-25)27-21-35-20-8-7-13-31(35)34-27/h3-4,6-10,12-21H,5,11H2,1-2H3. The van der Waals surface area contributed by atoms with Crippen LogP contribution in [0.15, 0.2) is 107 Å². The second-order valence-corrected chi connectivity index (χ2v) is 10.8. The van der Waals surface area contributed by atoms with Crippen LogP contribution in [0.2, 0.25) is 0 Å². The molecule has 0 spiro atoms. The zero-order valence-electron chi connectivity index (χ0n) is 21.0. The van der Waals surface area contributed by atoms with Crippen LogP contribution in [0.1, 0.15) is 28.8 Å². The fourth-order valence-electron chi connectivity index (χ4n) is 5.44. The summed E-state index contributed by atoms with van der Waals surface area (Å²) in [6.07, 6.45) is 10.9. The van der Waals surface area contributed by atoms with Gasteiger partial charge in [-0.25, -0.2) is 4.98 Å². The van der Waals surface area contributed by atoms with Crippen LogP contribution >= 0.6 is 11.8 Å². The SMILES string of the molecule is Cc1ccccc1Sc1c(C)ccc2c1c1c(n2-c2ccc(-c3cn4ccccc4n3)cc2)CCC=C1. The molecule has 6 aromatic rings. The molecule has 4 heteroatoms. The lowest BCUT2D eigenvalue weighted by Gasteiger charge is -2.13. The molecule has 3 nitrogen and oxygen atoms in total. The van der Waals surface area contributed by atoms with E-state index >= 15 is 0 Å². The van der Waals surface area contributed by atoms with Crippen molar-refractivity contribution >= 4 is 34.4 Å². The average Bonchev–Trinajstić information content (AvgIpc) is 3.51. The molecule has 0 saturated carbocycles. The smallest absolute Gasteiger partial charge is 0.137 e. The monoisotopic (exact) mass is 497 g/mol. The molecule has 3 heterocycles. The van der Waals surface area contributed by atoms with Crippen molar-refractivity contribution in [3.05, 3.63) is 120 Å². The number of hydrogen-bond donors (Lipinski definition) is 0. The molecule has 0 aliphatic heterocycles. The van der Waals surface area contributed by atoms with Crippen LogP contribution in [0.25, 0.3) is 39.6 Å². The molecule has 0 bridgehead atoms. The van der Waals surface area contributed by atoms with E-state index < -0.39 is 0 Å². The van der Waals surface area contributed by atoms with Crippen LogP contribution in [0, 0.1) is 13.8 Å². The van der Waals surface area contributed by atoms with Gasteiger partial charge in [-0.1, -0.05) is 66.4 Å². The van der Waals surface area contributed by atoms with Crippen LogP contribution in [0.4, 0.5) is 0 Å². The topological polar surface area (TPSA) is 22.2 Å². The van der Waals surface area contributed by atoms with Crippen LogP contribution < -0.4 is 0 Å². The van der Waals surface area contributed by atoms with Gasteiger partial charge in [-0.05, 0) is 74.2 Å². The maximum absolute atomic E-state index is 4.81. The summed E-state index contributed by atoms with van der Waals surface area (Å²) in [7, 11) is 0. The van der Waals surface area contributed by atoms with Crippen molar-refractivity contribution in [1.82, 2.24) is 14.0 Å². The summed E-state index contributed by atoms with van der Waals surface area (Å²) in [6.45, 7) is 4.43. The summed E-state index contributed by atoms with van der Waals surface area (Å²) in [6, 6.07) is 28.2. The van der Waals surface area contributed by atoms with Crippen molar-refractivity contribution in [3.63, 3.8) is 0 Å². The van der Waals surface area contributed by atoms with Gasteiger partial charge in [0.05, 0.1) is 11.2 Å². The molecule has 7 rings (SSSR count). The first-order chi connectivity index (χ1) is 18.2. The number of nitrogens with zero attached hydrogens (tertiary/aromatic N) is 3. The van der Waals surface area contributed by atoms with Crippen LogP contribution in [0.3, 0.4) is 0 Å². The highest BCUT2D eigenvalue weighted by Gasteiger charge is 2.22. The number of rotatable bonds is 4. The first-order valence-electron chi connectivity index (χ1n) is 12.8. The Morgan fingerprint density at radius 1 is 0.838 bits per heavy atom. The fourth-order valence-corrected chi connectivity index (χ4v) is 6.58. The lowest BCUT2D eigenvalue weighted by Crippen LogP contribution is -2.02. The number of pyridine rings is 1. The summed E-state index contributed by atoms with van der Waals surface area (Å²) >= 11 is 1.90. The van der Waals surface area contributed by atoms with Gasteiger partial charge >= 0.3 is 0 Å². The molecule has 0 unspecified atom stereocenters. The minimum absolute atomic E-state index is 0.966. The van der Waals surface area contributed by atoms with Crippen molar-refractivity contribution in [3.8, 4) is 16.9 Å². The number of imidazole rings is 1. The normalized spacial score (nSPS) is 12.9. The highest BCUT2D eigenvalue weighted by Crippen LogP contribution is 2.43. The summed E-state index contributed by atoms with van der Waals surface area (Å²) in [4.78, 5) is 7.48. The van der Waals surface area contributed by atoms with E-state index in [-0.39, 0.29) is 0 Å². The molecular weight excluding hydrogens is 470 g/mol. The molecule has 3 aromatic heterocycles. The van der Waals surface area contributed by atoms with Crippen molar-refractivity contribution < 1.29 is 0 Å². The van der Waals surface area contributed by atoms with Gasteiger partial charge in [0.2, 0.25) is 0 Å². The first-order valence-corrected chi connectivity index (χ1v) is 13.6. The van der Waals surface area contributed by atoms with Gasteiger partial charge in [0.25, 0.3) is 0 Å². The molecule has 1 aliphatic rings. The molecule has 0 atom stereocenters. The third kappa shape index (κ3) is 3.71. The van der Waals surface area contributed by atoms with Crippen LogP contribution in [-0.2, 0) is 6.42 Å². The second kappa shape index (κ2) is 8.82. The molecule has 0 fully saturated rings. The lowest BCUT2D eigenvalue weighted by atomic mass is 10.0. The van der Waals surface area contributed by atoms with Crippen molar-refractivity contribution in [2.75, 3.05) is 0 Å². The predicted molar refractivity (Wildman–Crippen MR) is 155 cm³/mol. The van der Waals surface area contributed by atoms with Gasteiger partial charge in [-0.2, -0.15) is 0 Å². The Balaban J connectivity index is 1.37. The number of aryl methyl sites for hydroxylation is 2. The van der Waals surface area contributed by atoms with E-state index in [1.54, 1.807) is 0 Å². The second-order valence-electron chi connectivity index (χ2n) is 9.75. The van der Waals surface area contributed by atoms with Gasteiger partial charge in [-0.15, -0.1) is 0 Å². The number of fused-ring (bicyclic) bond motifs is 4. The van der Waals surface area contributed by atoms with E-state index in [1.165, 1.54) is 48.8 Å². The van der Waals surface area contributed by atoms with Crippen LogP contribution in [0.5, 0.6) is 0 Å². The van der Waals surface area contributed by atoms with Gasteiger partial charge in [0, 0.05) is 50.1 Å². The fraction of sp³-hybridized carbons (Fsp3) is 0.121. The highest BCUT2D eigenvalue weighted by atomic mass is 32.2. The van der Waals surface area contributed by atoms with Gasteiger partial charge in [-0.3, -0.25) is 0 Å². The molecule has 180 valence electrons. The van der Waals surface area contributed by atoms with Crippen molar-refractivity contribution in [2.24, 2.45) is 0 Å². The zero-order chi connectivity index (χ0) is 24.9. The Morgan fingerprint density at radius 3 is 2.51 bits per heavy atom. The van der Waals surface area contributed by atoms with Crippen molar-refractivity contribution in [2.45, 2.75) is 36.5 Å². The maximum atomic E-state index is 4.81. The molecule has 0 radical (unpaired) electrons. The van der Waals surface area contributed by atoms with E-state index in [9.17, 15) is 0 Å². The highest BCUT2D eigenvalue weighted by molar-refractivity contribution is 7.99. The Hall–Kier alpha value is -4.02. The summed E-state index contributed by atoms with van der Waals surface area (Å²) in [5, 5.41) is 1.36. The Labute approximate surface area is 221 Å². The maximum Gasteiger partial charge on any atom is 0.137 e. The molecule has 0 N–H and O–H groups in total. The van der Waals surface area contributed by atoms with Gasteiger partial charge in [0.1, 0.15) is 5.65 Å². The molecule has 0 amide bonds. The van der Waals surface area contributed by atoms with Crippen molar-refractivity contribution in [1.29, 1.82) is 0 Å². The summed E-state index contributed by atoms with van der Waals surface area (Å²) in [5.41, 5.74) is 11.0. The minimum atomic E-state index is 0.966.